The number of pyridine rings is 1. The molecular weight excluding hydrogens is 418 g/mol. The third-order valence-electron chi connectivity index (χ3n) is 5.57. The molecule has 0 bridgehead atoms. The minimum absolute atomic E-state index is 0.0234. The van der Waals surface area contributed by atoms with Gasteiger partial charge in [-0.2, -0.15) is 0 Å². The van der Waals surface area contributed by atoms with Crippen LogP contribution in [0.2, 0.25) is 0 Å². The van der Waals surface area contributed by atoms with Gasteiger partial charge >= 0.3 is 0 Å². The van der Waals surface area contributed by atoms with E-state index in [1.807, 2.05) is 6.07 Å². The molecule has 0 atom stereocenters. The number of fused-ring (bicyclic) bond motifs is 1. The van der Waals surface area contributed by atoms with E-state index in [0.29, 0.717) is 48.9 Å². The maximum Gasteiger partial charge on any atom is 0.270 e. The Balaban J connectivity index is 1.53. The lowest BCUT2D eigenvalue weighted by Gasteiger charge is -2.46. The number of alkyl halides is 2. The van der Waals surface area contributed by atoms with E-state index in [1.165, 1.54) is 10.6 Å². The molecule has 2 aromatic heterocycles. The van der Waals surface area contributed by atoms with Crippen LogP contribution in [-0.4, -0.2) is 83.3 Å². The Morgan fingerprint density at radius 3 is 2.53 bits per heavy atom. The van der Waals surface area contributed by atoms with Crippen LogP contribution in [0.3, 0.4) is 0 Å². The molecule has 2 saturated heterocycles. The van der Waals surface area contributed by atoms with Crippen molar-refractivity contribution in [3.05, 3.63) is 18.0 Å². The second-order valence-electron chi connectivity index (χ2n) is 8.06. The minimum atomic E-state index is -3.20. The molecule has 0 spiro atoms. The number of nitrogens with zero attached hydrogens (tertiary/aromatic N) is 5. The van der Waals surface area contributed by atoms with Crippen molar-refractivity contribution in [2.45, 2.75) is 37.8 Å². The summed E-state index contributed by atoms with van der Waals surface area (Å²) < 4.78 is 50.8. The average molecular weight is 442 g/mol. The van der Waals surface area contributed by atoms with Crippen molar-refractivity contribution in [3.63, 3.8) is 0 Å². The summed E-state index contributed by atoms with van der Waals surface area (Å²) in [7, 11) is -3.20. The summed E-state index contributed by atoms with van der Waals surface area (Å²) in [6.45, 7) is 2.22. The third kappa shape index (κ3) is 4.03. The second kappa shape index (κ2) is 7.50. The molecule has 2 aliphatic rings. The van der Waals surface area contributed by atoms with Crippen molar-refractivity contribution in [1.29, 1.82) is 0 Å². The Labute approximate surface area is 173 Å². The van der Waals surface area contributed by atoms with Crippen molar-refractivity contribution >= 4 is 32.7 Å². The molecule has 2 aliphatic heterocycles. The lowest BCUT2D eigenvalue weighted by atomic mass is 9.94. The van der Waals surface area contributed by atoms with Gasteiger partial charge in [-0.1, -0.05) is 0 Å². The highest BCUT2D eigenvalue weighted by Gasteiger charge is 2.50. The number of aromatic nitrogens is 3. The van der Waals surface area contributed by atoms with E-state index in [0.717, 1.165) is 5.39 Å². The first-order valence-corrected chi connectivity index (χ1v) is 11.5. The van der Waals surface area contributed by atoms with E-state index in [4.69, 9.17) is 0 Å². The van der Waals surface area contributed by atoms with Crippen LogP contribution in [0.5, 0.6) is 0 Å². The maximum atomic E-state index is 13.0. The van der Waals surface area contributed by atoms with Gasteiger partial charge in [-0.15, -0.1) is 0 Å². The second-order valence-corrected chi connectivity index (χ2v) is 10.0. The minimum Gasteiger partial charge on any atom is -0.380 e. The third-order valence-corrected chi connectivity index (χ3v) is 6.87. The van der Waals surface area contributed by atoms with Crippen molar-refractivity contribution < 1.29 is 22.3 Å². The fourth-order valence-corrected chi connectivity index (χ4v) is 4.73. The summed E-state index contributed by atoms with van der Waals surface area (Å²) in [4.78, 5) is 14.9. The Morgan fingerprint density at radius 2 is 1.93 bits per heavy atom. The predicted molar refractivity (Wildman–Crippen MR) is 108 cm³/mol. The van der Waals surface area contributed by atoms with Crippen LogP contribution >= 0.6 is 0 Å². The van der Waals surface area contributed by atoms with Gasteiger partial charge in [0, 0.05) is 36.4 Å². The number of nitrogens with one attached hydrogen (secondary N) is 1. The Kier molecular flexibility index (Phi) is 5.27. The molecule has 9 nitrogen and oxygen atoms in total. The first-order valence-electron chi connectivity index (χ1n) is 9.67. The summed E-state index contributed by atoms with van der Waals surface area (Å²) in [6, 6.07) is 1.84. The number of rotatable bonds is 5. The van der Waals surface area contributed by atoms with E-state index < -0.39 is 22.0 Å². The largest absolute Gasteiger partial charge is 0.380 e. The maximum absolute atomic E-state index is 13.0. The zero-order valence-corrected chi connectivity index (χ0v) is 17.5. The first-order chi connectivity index (χ1) is 14.0. The van der Waals surface area contributed by atoms with Gasteiger partial charge in [-0.25, -0.2) is 36.5 Å². The van der Waals surface area contributed by atoms with Gasteiger partial charge in [-0.3, -0.25) is 0 Å². The highest BCUT2D eigenvalue weighted by Crippen LogP contribution is 2.34. The highest BCUT2D eigenvalue weighted by molar-refractivity contribution is 7.88. The van der Waals surface area contributed by atoms with Crippen LogP contribution in [0.15, 0.2) is 12.3 Å². The summed E-state index contributed by atoms with van der Waals surface area (Å²) in [6.07, 6.45) is 1.28. The van der Waals surface area contributed by atoms with Gasteiger partial charge in [0.05, 0.1) is 19.3 Å². The quantitative estimate of drug-likeness (QED) is 0.705. The summed E-state index contributed by atoms with van der Waals surface area (Å²) in [5.41, 5.74) is -0.815. The summed E-state index contributed by atoms with van der Waals surface area (Å²) in [5, 5.41) is 13.9. The SMILES string of the molecule is Cc1cc2cnc(NC3CCN(S(C)(=O)=O)CC3)nc2c(N2CC(O)(C(F)F)C2)n1. The molecule has 0 unspecified atom stereocenters. The molecule has 12 heteroatoms. The standard InChI is InChI=1S/C18H24F2N6O3S/c1-11-7-12-8-21-17(23-13-3-5-26(6-4-13)30(2,28)29)24-14(12)15(22-11)25-9-18(27,10-25)16(19)20/h7-8,13,16,27H,3-6,9-10H2,1-2H3,(H,21,23,24). The van der Waals surface area contributed by atoms with Crippen LogP contribution in [0.1, 0.15) is 18.5 Å². The van der Waals surface area contributed by atoms with E-state index in [1.54, 1.807) is 18.0 Å². The Hall–Kier alpha value is -2.18. The molecule has 0 amide bonds. The molecule has 4 rings (SSSR count). The van der Waals surface area contributed by atoms with Gasteiger partial charge in [0.15, 0.2) is 11.4 Å². The van der Waals surface area contributed by atoms with Gasteiger partial charge in [0.1, 0.15) is 5.52 Å². The first kappa shape index (κ1) is 21.1. The number of aryl methyl sites for hydroxylation is 1. The van der Waals surface area contributed by atoms with E-state index in [-0.39, 0.29) is 19.1 Å². The fraction of sp³-hybridized carbons (Fsp3) is 0.611. The van der Waals surface area contributed by atoms with Crippen LogP contribution < -0.4 is 10.2 Å². The van der Waals surface area contributed by atoms with Crippen molar-refractivity contribution in [3.8, 4) is 0 Å². The van der Waals surface area contributed by atoms with Crippen molar-refractivity contribution in [2.75, 3.05) is 42.7 Å². The molecule has 0 radical (unpaired) electrons. The molecule has 0 aromatic carbocycles. The monoisotopic (exact) mass is 442 g/mol. The van der Waals surface area contributed by atoms with E-state index in [9.17, 15) is 22.3 Å². The van der Waals surface area contributed by atoms with Gasteiger partial charge in [-0.05, 0) is 25.8 Å². The number of halogens is 2. The van der Waals surface area contributed by atoms with Crippen LogP contribution in [0, 0.1) is 6.92 Å². The molecule has 2 aromatic rings. The molecule has 2 fully saturated rings. The molecule has 2 N–H and O–H groups in total. The smallest absolute Gasteiger partial charge is 0.270 e. The van der Waals surface area contributed by atoms with Crippen LogP contribution in [0.4, 0.5) is 20.5 Å². The predicted octanol–water partition coefficient (Wildman–Crippen LogP) is 0.985. The number of aliphatic hydroxyl groups is 1. The average Bonchev–Trinajstić information content (AvgIpc) is 2.64. The molecule has 4 heterocycles. The topological polar surface area (TPSA) is 112 Å². The number of piperidine rings is 1. The molecule has 0 aliphatic carbocycles. The molecule has 30 heavy (non-hydrogen) atoms. The normalized spacial score (nSPS) is 20.5. The number of sulfonamides is 1. The van der Waals surface area contributed by atoms with Gasteiger partial charge < -0.3 is 15.3 Å². The molecule has 164 valence electrons. The number of hydrogen-bond acceptors (Lipinski definition) is 8. The Bertz CT molecular complexity index is 1050. The number of β-amino-alcohol motifs (C(OH)–C–C–N with tert-alkyl or cyclic N) is 1. The summed E-state index contributed by atoms with van der Waals surface area (Å²) in [5.74, 6) is 0.810. The molecular formula is C18H24F2N6O3S. The van der Waals surface area contributed by atoms with Crippen LogP contribution in [0.25, 0.3) is 10.9 Å². The van der Waals surface area contributed by atoms with E-state index in [2.05, 4.69) is 20.3 Å². The zero-order chi connectivity index (χ0) is 21.7. The number of anilines is 2. The van der Waals surface area contributed by atoms with Crippen molar-refractivity contribution in [1.82, 2.24) is 19.3 Å². The Morgan fingerprint density at radius 1 is 1.27 bits per heavy atom. The fourth-order valence-electron chi connectivity index (χ4n) is 3.86. The van der Waals surface area contributed by atoms with Crippen LogP contribution in [-0.2, 0) is 10.0 Å². The summed E-state index contributed by atoms with van der Waals surface area (Å²) >= 11 is 0. The van der Waals surface area contributed by atoms with Crippen molar-refractivity contribution in [2.24, 2.45) is 0 Å². The highest BCUT2D eigenvalue weighted by atomic mass is 32.2. The van der Waals surface area contributed by atoms with Gasteiger partial charge in [0.2, 0.25) is 16.0 Å². The zero-order valence-electron chi connectivity index (χ0n) is 16.7. The number of hydrogen-bond donors (Lipinski definition) is 2. The van der Waals surface area contributed by atoms with E-state index >= 15 is 0 Å². The van der Waals surface area contributed by atoms with Gasteiger partial charge in [0.25, 0.3) is 6.43 Å². The lowest BCUT2D eigenvalue weighted by Crippen LogP contribution is -2.66. The molecule has 0 saturated carbocycles. The lowest BCUT2D eigenvalue weighted by molar-refractivity contribution is -0.112.